The monoisotopic (exact) mass is 534 g/mol. The second kappa shape index (κ2) is 12.4. The molecule has 5 rings (SSSR count). The van der Waals surface area contributed by atoms with Crippen LogP contribution in [0.1, 0.15) is 11.1 Å². The molecule has 0 aliphatic heterocycles. The number of rotatable bonds is 12. The molecular formula is C34H30O6. The van der Waals surface area contributed by atoms with Crippen LogP contribution in [0.5, 0.6) is 23.0 Å². The van der Waals surface area contributed by atoms with Crippen molar-refractivity contribution in [1.29, 1.82) is 0 Å². The van der Waals surface area contributed by atoms with E-state index in [-0.39, 0.29) is 0 Å². The van der Waals surface area contributed by atoms with Crippen molar-refractivity contribution in [2.45, 2.75) is 11.9 Å². The lowest BCUT2D eigenvalue weighted by molar-refractivity contribution is -0.303. The van der Waals surface area contributed by atoms with Gasteiger partial charge in [-0.15, -0.1) is 0 Å². The second-order valence-corrected chi connectivity index (χ2v) is 8.76. The van der Waals surface area contributed by atoms with E-state index in [1.165, 1.54) is 14.2 Å². The van der Waals surface area contributed by atoms with Gasteiger partial charge in [-0.2, -0.15) is 0 Å². The first-order valence-electron chi connectivity index (χ1n) is 12.8. The molecule has 0 atom stereocenters. The largest absolute Gasteiger partial charge is 0.426 e. The molecule has 0 bridgehead atoms. The van der Waals surface area contributed by atoms with Crippen molar-refractivity contribution >= 4 is 0 Å². The molecule has 202 valence electrons. The summed E-state index contributed by atoms with van der Waals surface area (Å²) in [5.41, 5.74) is 1.21. The van der Waals surface area contributed by atoms with Crippen LogP contribution in [0.2, 0.25) is 0 Å². The molecule has 0 fully saturated rings. The molecule has 0 unspecified atom stereocenters. The van der Waals surface area contributed by atoms with Crippen LogP contribution in [0, 0.1) is 0 Å². The summed E-state index contributed by atoms with van der Waals surface area (Å²) in [4.78, 5) is 0. The Morgan fingerprint density at radius 2 is 0.550 bits per heavy atom. The molecule has 40 heavy (non-hydrogen) atoms. The van der Waals surface area contributed by atoms with Crippen LogP contribution in [-0.2, 0) is 21.4 Å². The van der Waals surface area contributed by atoms with Gasteiger partial charge in [-0.1, -0.05) is 72.8 Å². The van der Waals surface area contributed by atoms with Crippen LogP contribution in [-0.4, -0.2) is 14.2 Å². The molecule has 0 aromatic heterocycles. The Hall–Kier alpha value is -4.78. The summed E-state index contributed by atoms with van der Waals surface area (Å²) in [5, 5.41) is 0. The third-order valence-electron chi connectivity index (χ3n) is 6.11. The number of benzene rings is 5. The van der Waals surface area contributed by atoms with Crippen molar-refractivity contribution < 1.29 is 28.4 Å². The first-order valence-corrected chi connectivity index (χ1v) is 12.8. The van der Waals surface area contributed by atoms with E-state index < -0.39 is 11.9 Å². The van der Waals surface area contributed by atoms with E-state index in [1.54, 1.807) is 0 Å². The molecule has 6 heteroatoms. The smallest absolute Gasteiger partial charge is 0.401 e. The minimum atomic E-state index is -1.59. The number of hydrogen-bond donors (Lipinski definition) is 0. The van der Waals surface area contributed by atoms with Gasteiger partial charge >= 0.3 is 11.9 Å². The third-order valence-corrected chi connectivity index (χ3v) is 6.11. The van der Waals surface area contributed by atoms with E-state index in [9.17, 15) is 0 Å². The van der Waals surface area contributed by atoms with Gasteiger partial charge in [0.25, 0.3) is 0 Å². The normalized spacial score (nSPS) is 11.4. The fraction of sp³-hybridized carbons (Fsp3) is 0.118. The lowest BCUT2D eigenvalue weighted by Gasteiger charge is -2.35. The Balaban J connectivity index is 1.55. The number of hydrogen-bond acceptors (Lipinski definition) is 6. The van der Waals surface area contributed by atoms with Gasteiger partial charge in [-0.25, -0.2) is 0 Å². The topological polar surface area (TPSA) is 55.4 Å². The summed E-state index contributed by atoms with van der Waals surface area (Å²) in [5.74, 6) is -0.855. The highest BCUT2D eigenvalue weighted by Gasteiger charge is 2.42. The Labute approximate surface area is 234 Å². The van der Waals surface area contributed by atoms with E-state index >= 15 is 0 Å². The van der Waals surface area contributed by atoms with Crippen LogP contribution in [0.15, 0.2) is 146 Å². The highest BCUT2D eigenvalue weighted by atomic mass is 16.9. The predicted molar refractivity (Wildman–Crippen MR) is 152 cm³/mol. The Morgan fingerprint density at radius 3 is 0.750 bits per heavy atom. The molecular weight excluding hydrogens is 504 g/mol. The Kier molecular flexibility index (Phi) is 8.30. The lowest BCUT2D eigenvalue weighted by atomic mass is 10.1. The number of ether oxygens (including phenoxy) is 6. The van der Waals surface area contributed by atoms with Crippen LogP contribution in [0.25, 0.3) is 0 Å². The minimum Gasteiger partial charge on any atom is -0.426 e. The number of methoxy groups -OCH3 is 2. The maximum atomic E-state index is 6.35. The molecule has 5 aromatic rings. The van der Waals surface area contributed by atoms with Crippen molar-refractivity contribution in [3.63, 3.8) is 0 Å². The van der Waals surface area contributed by atoms with Crippen LogP contribution in [0.3, 0.4) is 0 Å². The minimum absolute atomic E-state index is 0.579. The maximum Gasteiger partial charge on any atom is 0.401 e. The fourth-order valence-electron chi connectivity index (χ4n) is 4.13. The lowest BCUT2D eigenvalue weighted by Crippen LogP contribution is -2.43. The van der Waals surface area contributed by atoms with E-state index in [2.05, 4.69) is 0 Å². The highest BCUT2D eigenvalue weighted by Crippen LogP contribution is 2.36. The van der Waals surface area contributed by atoms with Crippen LogP contribution < -0.4 is 18.9 Å². The average molecular weight is 535 g/mol. The van der Waals surface area contributed by atoms with Gasteiger partial charge in [0.15, 0.2) is 0 Å². The summed E-state index contributed by atoms with van der Waals surface area (Å²) in [7, 11) is 3.08. The van der Waals surface area contributed by atoms with Crippen molar-refractivity contribution in [1.82, 2.24) is 0 Å². The summed E-state index contributed by atoms with van der Waals surface area (Å²) >= 11 is 0. The molecule has 0 spiro atoms. The zero-order valence-electron chi connectivity index (χ0n) is 22.3. The molecule has 0 saturated heterocycles. The van der Waals surface area contributed by atoms with Crippen molar-refractivity contribution in [2.24, 2.45) is 0 Å². The summed E-state index contributed by atoms with van der Waals surface area (Å²) in [6.07, 6.45) is 0. The first-order chi connectivity index (χ1) is 19.6. The number of para-hydroxylation sites is 4. The molecule has 0 saturated carbocycles. The second-order valence-electron chi connectivity index (χ2n) is 8.76. The molecule has 0 aliphatic rings. The summed E-state index contributed by atoms with van der Waals surface area (Å²) < 4.78 is 37.3. The highest BCUT2D eigenvalue weighted by molar-refractivity contribution is 5.33. The van der Waals surface area contributed by atoms with Gasteiger partial charge in [-0.3, -0.25) is 0 Å². The molecule has 0 aliphatic carbocycles. The average Bonchev–Trinajstić information content (AvgIpc) is 3.02. The van der Waals surface area contributed by atoms with Crippen molar-refractivity contribution in [3.05, 3.63) is 157 Å². The van der Waals surface area contributed by atoms with Gasteiger partial charge in [0, 0.05) is 14.2 Å². The van der Waals surface area contributed by atoms with E-state index in [1.807, 2.05) is 146 Å². The molecule has 0 radical (unpaired) electrons. The first kappa shape index (κ1) is 26.8. The summed E-state index contributed by atoms with van der Waals surface area (Å²) in [6, 6.07) is 44.8. The molecule has 6 nitrogen and oxygen atoms in total. The van der Waals surface area contributed by atoms with Crippen LogP contribution in [0.4, 0.5) is 0 Å². The van der Waals surface area contributed by atoms with Crippen molar-refractivity contribution in [2.75, 3.05) is 14.2 Å². The van der Waals surface area contributed by atoms with E-state index in [0.29, 0.717) is 34.1 Å². The van der Waals surface area contributed by atoms with Crippen LogP contribution >= 0.6 is 0 Å². The quantitative estimate of drug-likeness (QED) is 0.154. The van der Waals surface area contributed by atoms with Gasteiger partial charge in [0.05, 0.1) is 11.1 Å². The maximum absolute atomic E-state index is 6.35. The zero-order chi connectivity index (χ0) is 27.7. The molecule has 5 aromatic carbocycles. The van der Waals surface area contributed by atoms with Gasteiger partial charge in [-0.05, 0) is 72.8 Å². The van der Waals surface area contributed by atoms with Gasteiger partial charge in [0.1, 0.15) is 23.0 Å². The standard InChI is InChI=1S/C34H30O6/c1-35-33(37-29-15-7-3-8-16-29,38-30-17-9-4-10-18-30)27-23-25-28(26-24-27)34(36-2,39-31-19-11-5-12-20-31)40-32-21-13-6-14-22-32/h3-26H,1-2H3. The van der Waals surface area contributed by atoms with E-state index in [4.69, 9.17) is 28.4 Å². The van der Waals surface area contributed by atoms with Gasteiger partial charge < -0.3 is 28.4 Å². The van der Waals surface area contributed by atoms with E-state index in [0.717, 1.165) is 0 Å². The third kappa shape index (κ3) is 6.10. The Morgan fingerprint density at radius 1 is 0.325 bits per heavy atom. The molecule has 0 N–H and O–H groups in total. The Bertz CT molecular complexity index is 1250. The predicted octanol–water partition coefficient (Wildman–Crippen LogP) is 7.52. The molecule has 0 amide bonds. The zero-order valence-corrected chi connectivity index (χ0v) is 22.3. The SMILES string of the molecule is COC(Oc1ccccc1)(Oc1ccccc1)c1ccc(C(OC)(Oc2ccccc2)Oc2ccccc2)cc1. The fourth-order valence-corrected chi connectivity index (χ4v) is 4.13. The van der Waals surface area contributed by atoms with Gasteiger partial charge in [0.2, 0.25) is 0 Å². The van der Waals surface area contributed by atoms with Crippen molar-refractivity contribution in [3.8, 4) is 23.0 Å². The molecule has 0 heterocycles. The summed E-state index contributed by atoms with van der Waals surface area (Å²) in [6.45, 7) is 0.